The Morgan fingerprint density at radius 2 is 1.73 bits per heavy atom. The molecule has 1 heterocycles. The fourth-order valence-electron chi connectivity index (χ4n) is 1.19. The van der Waals surface area contributed by atoms with Gasteiger partial charge in [0.05, 0.1) is 0 Å². The normalized spacial score (nSPS) is 37.7. The van der Waals surface area contributed by atoms with Crippen molar-refractivity contribution in [2.24, 2.45) is 0 Å². The van der Waals surface area contributed by atoms with E-state index in [0.717, 1.165) is 0 Å². The van der Waals surface area contributed by atoms with Crippen molar-refractivity contribution in [3.63, 3.8) is 0 Å². The lowest BCUT2D eigenvalue weighted by Gasteiger charge is -2.18. The zero-order chi connectivity index (χ0) is 11.7. The largest absolute Gasteiger partial charge is 0.387 e. The first-order chi connectivity index (χ1) is 6.86. The van der Waals surface area contributed by atoms with Gasteiger partial charge in [-0.25, -0.2) is 0 Å². The lowest BCUT2D eigenvalue weighted by Crippen LogP contribution is -2.43. The molecule has 0 aliphatic carbocycles. The summed E-state index contributed by atoms with van der Waals surface area (Å²) < 4.78 is 25.0. The van der Waals surface area contributed by atoms with Crippen LogP contribution in [0.25, 0.3) is 0 Å². The van der Waals surface area contributed by atoms with Crippen LogP contribution in [0.15, 0.2) is 0 Å². The Bertz CT molecular complexity index is 353. The van der Waals surface area contributed by atoms with Crippen molar-refractivity contribution in [1.29, 1.82) is 0 Å². The van der Waals surface area contributed by atoms with Crippen molar-refractivity contribution in [2.45, 2.75) is 30.7 Å². The van der Waals surface area contributed by atoms with E-state index in [0.29, 0.717) is 0 Å². The Morgan fingerprint density at radius 1 is 1.20 bits per heavy atom. The van der Waals surface area contributed by atoms with Crippen LogP contribution in [0.3, 0.4) is 0 Å². The van der Waals surface area contributed by atoms with Crippen LogP contribution in [-0.4, -0.2) is 69.7 Å². The molecule has 88 valence electrons. The first kappa shape index (κ1) is 12.5. The second-order valence-electron chi connectivity index (χ2n) is 2.99. The van der Waals surface area contributed by atoms with Gasteiger partial charge in [-0.3, -0.25) is 0 Å². The quantitative estimate of drug-likeness (QED) is 0.312. The molecular weight excluding hydrogens is 232 g/mol. The van der Waals surface area contributed by atoms with Crippen LogP contribution < -0.4 is 0 Å². The molecule has 0 amide bonds. The molecule has 15 heavy (non-hydrogen) atoms. The van der Waals surface area contributed by atoms with Crippen molar-refractivity contribution < 1.29 is 38.7 Å². The molecule has 0 radical (unpaired) electrons. The Kier molecular flexibility index (Phi) is 3.78. The highest BCUT2D eigenvalue weighted by molar-refractivity contribution is 7.72. The molecule has 1 saturated heterocycles. The molecule has 1 rings (SSSR count). The van der Waals surface area contributed by atoms with Crippen LogP contribution in [0, 0.1) is 0 Å². The average molecular weight is 242 g/mol. The van der Waals surface area contributed by atoms with Crippen LogP contribution in [-0.2, 0) is 15.0 Å². The zero-order valence-electron chi connectivity index (χ0n) is 7.26. The van der Waals surface area contributed by atoms with E-state index in [2.05, 4.69) is 4.74 Å². The first-order valence-corrected chi connectivity index (χ1v) is 4.96. The minimum absolute atomic E-state index is 1.33. The van der Waals surface area contributed by atoms with Crippen LogP contribution >= 0.6 is 0 Å². The monoisotopic (exact) mass is 242 g/mol. The van der Waals surface area contributed by atoms with Gasteiger partial charge in [0.1, 0.15) is 24.4 Å². The molecule has 8 nitrogen and oxygen atoms in total. The predicted molar refractivity (Wildman–Crippen MR) is 45.5 cm³/mol. The van der Waals surface area contributed by atoms with Crippen LogP contribution in [0.4, 0.5) is 0 Å². The maximum Gasteiger partial charge on any atom is 0.243 e. The van der Waals surface area contributed by atoms with E-state index in [1.165, 1.54) is 0 Å². The number of ether oxygens (including phenoxy) is 1. The minimum Gasteiger partial charge on any atom is -0.387 e. The highest BCUT2D eigenvalue weighted by Gasteiger charge is 2.46. The van der Waals surface area contributed by atoms with E-state index in [-0.39, 0.29) is 0 Å². The van der Waals surface area contributed by atoms with Gasteiger partial charge in [0, 0.05) is 0 Å². The van der Waals surface area contributed by atoms with E-state index in [9.17, 15) is 18.6 Å². The summed E-state index contributed by atoms with van der Waals surface area (Å²) in [6.45, 7) is 0. The molecule has 5 N–H and O–H groups in total. The molecule has 0 saturated carbocycles. The van der Waals surface area contributed by atoms with E-state index in [4.69, 9.17) is 15.3 Å². The van der Waals surface area contributed by atoms with Gasteiger partial charge in [-0.15, -0.1) is 0 Å². The summed E-state index contributed by atoms with van der Waals surface area (Å²) in [5.74, 6) is 0. The Hall–Kier alpha value is -0.550. The van der Waals surface area contributed by atoms with Crippen molar-refractivity contribution in [3.8, 4) is 0 Å². The molecule has 1 aliphatic rings. The second kappa shape index (κ2) is 4.53. The smallest absolute Gasteiger partial charge is 0.243 e. The molecule has 0 aromatic carbocycles. The number of rotatable bonds is 2. The molecule has 0 unspecified atom stereocenters. The Balaban J connectivity index is 2.88. The average Bonchev–Trinajstić information content (AvgIpc) is 2.43. The Labute approximate surface area is 85.5 Å². The summed E-state index contributed by atoms with van der Waals surface area (Å²) in [5.41, 5.74) is 0. The molecule has 1 fully saturated rings. The van der Waals surface area contributed by atoms with Gasteiger partial charge in [-0.05, 0) is 0 Å². The fraction of sp³-hybridized carbons (Fsp3) is 0.833. The Morgan fingerprint density at radius 3 is 2.07 bits per heavy atom. The molecule has 0 aromatic rings. The van der Waals surface area contributed by atoms with E-state index < -0.39 is 46.0 Å². The third kappa shape index (κ3) is 2.34. The van der Waals surface area contributed by atoms with Gasteiger partial charge in [0.25, 0.3) is 0 Å². The summed E-state index contributed by atoms with van der Waals surface area (Å²) in [6.07, 6.45) is -8.75. The maximum absolute atomic E-state index is 10.3. The standard InChI is InChI=1S/C6H10O8S/c7-1-2(8)5(10)14-4(1)3(9)6(11)15(12)13/h1-5,7-11H/t1-,2-,3+,4+,5+/m1/s1. The predicted octanol–water partition coefficient (Wildman–Crippen LogP) is -3.65. The van der Waals surface area contributed by atoms with E-state index in [1.807, 2.05) is 0 Å². The van der Waals surface area contributed by atoms with Crippen LogP contribution in [0.2, 0.25) is 0 Å². The third-order valence-electron chi connectivity index (χ3n) is 2.01. The lowest BCUT2D eigenvalue weighted by atomic mass is 10.1. The van der Waals surface area contributed by atoms with Crippen LogP contribution in [0.5, 0.6) is 0 Å². The number of aliphatic hydroxyl groups is 5. The second-order valence-corrected chi connectivity index (χ2v) is 3.88. The van der Waals surface area contributed by atoms with E-state index >= 15 is 0 Å². The minimum atomic E-state index is -3.06. The van der Waals surface area contributed by atoms with Gasteiger partial charge in [-0.2, -0.15) is 8.42 Å². The summed E-state index contributed by atoms with van der Waals surface area (Å²) in [5, 5.41) is 43.9. The maximum atomic E-state index is 10.3. The van der Waals surface area contributed by atoms with Gasteiger partial charge >= 0.3 is 0 Å². The molecular formula is C6H10O8S. The van der Waals surface area contributed by atoms with Gasteiger partial charge < -0.3 is 30.3 Å². The first-order valence-electron chi connectivity index (χ1n) is 3.89. The topological polar surface area (TPSA) is 145 Å². The number of aliphatic hydroxyl groups excluding tert-OH is 5. The molecule has 0 aromatic heterocycles. The molecule has 9 heteroatoms. The van der Waals surface area contributed by atoms with Crippen LogP contribution in [0.1, 0.15) is 0 Å². The van der Waals surface area contributed by atoms with Crippen molar-refractivity contribution >= 4 is 15.3 Å². The van der Waals surface area contributed by atoms with Gasteiger partial charge in [-0.1, -0.05) is 0 Å². The summed E-state index contributed by atoms with van der Waals surface area (Å²) in [6, 6.07) is 0. The highest BCUT2D eigenvalue weighted by atomic mass is 32.2. The van der Waals surface area contributed by atoms with Gasteiger partial charge in [0.2, 0.25) is 15.3 Å². The highest BCUT2D eigenvalue weighted by Crippen LogP contribution is 2.22. The fourth-order valence-corrected chi connectivity index (χ4v) is 1.52. The zero-order valence-corrected chi connectivity index (χ0v) is 8.07. The van der Waals surface area contributed by atoms with E-state index in [1.54, 1.807) is 0 Å². The summed E-state index contributed by atoms with van der Waals surface area (Å²) in [4.78, 5) is 0. The summed E-state index contributed by atoms with van der Waals surface area (Å²) in [7, 11) is -3.06. The third-order valence-corrected chi connectivity index (χ3v) is 2.59. The van der Waals surface area contributed by atoms with Crippen molar-refractivity contribution in [2.75, 3.05) is 0 Å². The van der Waals surface area contributed by atoms with Crippen molar-refractivity contribution in [3.05, 3.63) is 0 Å². The number of hydrogen-bond donors (Lipinski definition) is 5. The van der Waals surface area contributed by atoms with Crippen molar-refractivity contribution in [1.82, 2.24) is 0 Å². The molecule has 0 bridgehead atoms. The molecule has 0 spiro atoms. The molecule has 5 atom stereocenters. The molecule has 1 aliphatic heterocycles. The van der Waals surface area contributed by atoms with Gasteiger partial charge in [0.15, 0.2) is 6.29 Å². The lowest BCUT2D eigenvalue weighted by molar-refractivity contribution is -0.139. The number of hydrogen-bond acceptors (Lipinski definition) is 7. The summed E-state index contributed by atoms with van der Waals surface area (Å²) >= 11 is 0. The SMILES string of the molecule is O=S(=O)=C(O)[C@@H](O)[C@H]1O[C@H](O)[C@H](O)[C@H]1O.